The van der Waals surface area contributed by atoms with Crippen LogP contribution in [0.25, 0.3) is 0 Å². The van der Waals surface area contributed by atoms with E-state index in [1.807, 2.05) is 13.0 Å². The molecular weight excluding hydrogens is 272 g/mol. The summed E-state index contributed by atoms with van der Waals surface area (Å²) in [4.78, 5) is 25.1. The normalized spacial score (nSPS) is 14.7. The van der Waals surface area contributed by atoms with Crippen LogP contribution in [-0.4, -0.2) is 50.3 Å². The number of carbonyl (C=O) groups excluding carboxylic acids is 2. The number of amides is 1. The molecule has 6 heteroatoms. The largest absolute Gasteiger partial charge is 0.469 e. The Kier molecular flexibility index (Phi) is 5.16. The first kappa shape index (κ1) is 15.3. The summed E-state index contributed by atoms with van der Waals surface area (Å²) in [6.07, 6.45) is -0.189. The Bertz CT molecular complexity index is 524. The molecule has 0 radical (unpaired) electrons. The van der Waals surface area contributed by atoms with Crippen LogP contribution in [0.5, 0.6) is 5.75 Å². The number of nitrogens with zero attached hydrogens (tertiary/aromatic N) is 1. The van der Waals surface area contributed by atoms with Gasteiger partial charge in [0.25, 0.3) is 0 Å². The van der Waals surface area contributed by atoms with Crippen molar-refractivity contribution in [2.75, 3.05) is 33.3 Å². The van der Waals surface area contributed by atoms with Gasteiger partial charge in [-0.25, -0.2) is 4.79 Å². The summed E-state index contributed by atoms with van der Waals surface area (Å²) in [5, 5.41) is 3.18. The Balaban J connectivity index is 2.04. The van der Waals surface area contributed by atoms with Crippen molar-refractivity contribution in [1.29, 1.82) is 0 Å². The number of nitrogens with one attached hydrogen (secondary N) is 1. The minimum atomic E-state index is -0.357. The molecule has 6 nitrogen and oxygen atoms in total. The summed E-state index contributed by atoms with van der Waals surface area (Å²) in [7, 11) is 1.35. The number of methoxy groups -OCH3 is 1. The average molecular weight is 292 g/mol. The molecule has 0 unspecified atom stereocenters. The van der Waals surface area contributed by atoms with Crippen LogP contribution in [0.3, 0.4) is 0 Å². The van der Waals surface area contributed by atoms with Crippen LogP contribution in [-0.2, 0) is 16.0 Å². The zero-order chi connectivity index (χ0) is 15.2. The van der Waals surface area contributed by atoms with Gasteiger partial charge < -0.3 is 19.7 Å². The van der Waals surface area contributed by atoms with Crippen LogP contribution in [0.1, 0.15) is 11.1 Å². The molecule has 114 valence electrons. The molecular formula is C15H20N2O4. The van der Waals surface area contributed by atoms with Crippen molar-refractivity contribution in [2.45, 2.75) is 13.3 Å². The number of hydrogen-bond acceptors (Lipinski definition) is 5. The second-order valence-electron chi connectivity index (χ2n) is 4.95. The van der Waals surface area contributed by atoms with Gasteiger partial charge in [-0.3, -0.25) is 4.79 Å². The lowest BCUT2D eigenvalue weighted by Crippen LogP contribution is -2.47. The molecule has 0 aliphatic carbocycles. The molecule has 1 fully saturated rings. The third-order valence-corrected chi connectivity index (χ3v) is 3.46. The summed E-state index contributed by atoms with van der Waals surface area (Å²) in [6, 6.07) is 5.28. The third-order valence-electron chi connectivity index (χ3n) is 3.46. The first-order valence-corrected chi connectivity index (χ1v) is 6.94. The van der Waals surface area contributed by atoms with Gasteiger partial charge in [-0.1, -0.05) is 6.07 Å². The molecule has 0 bridgehead atoms. The summed E-state index contributed by atoms with van der Waals surface area (Å²) in [6.45, 7) is 4.73. The predicted molar refractivity (Wildman–Crippen MR) is 77.4 cm³/mol. The molecule has 1 aliphatic heterocycles. The van der Waals surface area contributed by atoms with Gasteiger partial charge in [-0.05, 0) is 30.2 Å². The number of piperazine rings is 1. The Hall–Kier alpha value is -2.08. The molecule has 1 aromatic carbocycles. The third kappa shape index (κ3) is 4.19. The summed E-state index contributed by atoms with van der Waals surface area (Å²) >= 11 is 0. The molecule has 0 saturated carbocycles. The van der Waals surface area contributed by atoms with E-state index in [-0.39, 0.29) is 18.5 Å². The van der Waals surface area contributed by atoms with E-state index in [9.17, 15) is 9.59 Å². The molecule has 1 amide bonds. The van der Waals surface area contributed by atoms with Crippen molar-refractivity contribution in [1.82, 2.24) is 10.2 Å². The number of rotatable bonds is 3. The highest BCUT2D eigenvalue weighted by Crippen LogP contribution is 2.19. The highest BCUT2D eigenvalue weighted by Gasteiger charge is 2.18. The Labute approximate surface area is 124 Å². The monoisotopic (exact) mass is 292 g/mol. The van der Waals surface area contributed by atoms with E-state index in [4.69, 9.17) is 4.74 Å². The van der Waals surface area contributed by atoms with Gasteiger partial charge in [0.2, 0.25) is 0 Å². The minimum Gasteiger partial charge on any atom is -0.469 e. The highest BCUT2D eigenvalue weighted by atomic mass is 16.6. The van der Waals surface area contributed by atoms with Crippen molar-refractivity contribution in [2.24, 2.45) is 0 Å². The van der Waals surface area contributed by atoms with Crippen molar-refractivity contribution >= 4 is 12.1 Å². The fourth-order valence-corrected chi connectivity index (χ4v) is 2.14. The molecule has 1 heterocycles. The molecule has 0 atom stereocenters. The Morgan fingerprint density at radius 3 is 2.67 bits per heavy atom. The Morgan fingerprint density at radius 2 is 2.00 bits per heavy atom. The zero-order valence-corrected chi connectivity index (χ0v) is 12.3. The molecule has 1 saturated heterocycles. The van der Waals surface area contributed by atoms with E-state index >= 15 is 0 Å². The average Bonchev–Trinajstić information content (AvgIpc) is 2.51. The van der Waals surface area contributed by atoms with Gasteiger partial charge in [-0.15, -0.1) is 0 Å². The second kappa shape index (κ2) is 7.08. The Morgan fingerprint density at radius 1 is 1.29 bits per heavy atom. The predicted octanol–water partition coefficient (Wildman–Crippen LogP) is 1.11. The smallest absolute Gasteiger partial charge is 0.415 e. The molecule has 1 aromatic rings. The van der Waals surface area contributed by atoms with E-state index in [2.05, 4.69) is 10.1 Å². The van der Waals surface area contributed by atoms with E-state index in [1.54, 1.807) is 17.0 Å². The van der Waals surface area contributed by atoms with Gasteiger partial charge in [0, 0.05) is 26.2 Å². The standard InChI is InChI=1S/C15H20N2O4/c1-11-3-4-13(9-12(11)10-14(18)20-2)21-15(19)17-7-5-16-6-8-17/h3-4,9,16H,5-8,10H2,1-2H3. The molecule has 1 N–H and O–H groups in total. The first-order valence-electron chi connectivity index (χ1n) is 6.94. The van der Waals surface area contributed by atoms with Crippen molar-refractivity contribution in [3.8, 4) is 5.75 Å². The maximum absolute atomic E-state index is 12.0. The molecule has 0 spiro atoms. The SMILES string of the molecule is COC(=O)Cc1cc(OC(=O)N2CCNCC2)ccc1C. The molecule has 1 aliphatic rings. The maximum Gasteiger partial charge on any atom is 0.415 e. The van der Waals surface area contributed by atoms with Crippen LogP contribution in [0.15, 0.2) is 18.2 Å². The second-order valence-corrected chi connectivity index (χ2v) is 4.95. The molecule has 0 aromatic heterocycles. The van der Waals surface area contributed by atoms with Crippen LogP contribution < -0.4 is 10.1 Å². The lowest BCUT2D eigenvalue weighted by atomic mass is 10.1. The van der Waals surface area contributed by atoms with Crippen LogP contribution >= 0.6 is 0 Å². The fourth-order valence-electron chi connectivity index (χ4n) is 2.14. The maximum atomic E-state index is 12.0. The van der Waals surface area contributed by atoms with E-state index < -0.39 is 0 Å². The molecule has 21 heavy (non-hydrogen) atoms. The minimum absolute atomic E-state index is 0.168. The number of carbonyl (C=O) groups is 2. The zero-order valence-electron chi connectivity index (χ0n) is 12.3. The number of ether oxygens (including phenoxy) is 2. The molecule has 2 rings (SSSR count). The number of benzene rings is 1. The lowest BCUT2D eigenvalue weighted by molar-refractivity contribution is -0.139. The van der Waals surface area contributed by atoms with Crippen molar-refractivity contribution < 1.29 is 19.1 Å². The topological polar surface area (TPSA) is 67.9 Å². The van der Waals surface area contributed by atoms with Gasteiger partial charge in [0.05, 0.1) is 13.5 Å². The lowest BCUT2D eigenvalue weighted by Gasteiger charge is -2.26. The van der Waals surface area contributed by atoms with Crippen LogP contribution in [0.4, 0.5) is 4.79 Å². The summed E-state index contributed by atoms with van der Waals surface area (Å²) < 4.78 is 10.0. The highest BCUT2D eigenvalue weighted by molar-refractivity contribution is 5.74. The summed E-state index contributed by atoms with van der Waals surface area (Å²) in [5.41, 5.74) is 1.76. The van der Waals surface area contributed by atoms with E-state index in [1.165, 1.54) is 7.11 Å². The van der Waals surface area contributed by atoms with E-state index in [0.29, 0.717) is 18.8 Å². The quantitative estimate of drug-likeness (QED) is 0.845. The summed E-state index contributed by atoms with van der Waals surface area (Å²) in [5.74, 6) is 0.131. The fraction of sp³-hybridized carbons (Fsp3) is 0.467. The van der Waals surface area contributed by atoms with Gasteiger partial charge in [-0.2, -0.15) is 0 Å². The van der Waals surface area contributed by atoms with Gasteiger partial charge >= 0.3 is 12.1 Å². The first-order chi connectivity index (χ1) is 10.1. The van der Waals surface area contributed by atoms with Gasteiger partial charge in [0.1, 0.15) is 5.75 Å². The van der Waals surface area contributed by atoms with Crippen molar-refractivity contribution in [3.05, 3.63) is 29.3 Å². The van der Waals surface area contributed by atoms with Gasteiger partial charge in [0.15, 0.2) is 0 Å². The van der Waals surface area contributed by atoms with Crippen molar-refractivity contribution in [3.63, 3.8) is 0 Å². The van der Waals surface area contributed by atoms with Crippen LogP contribution in [0, 0.1) is 6.92 Å². The van der Waals surface area contributed by atoms with Crippen LogP contribution in [0.2, 0.25) is 0 Å². The number of esters is 1. The van der Waals surface area contributed by atoms with E-state index in [0.717, 1.165) is 24.2 Å². The number of aryl methyl sites for hydroxylation is 1. The number of hydrogen-bond donors (Lipinski definition) is 1.